The third-order valence-electron chi connectivity index (χ3n) is 2.75. The summed E-state index contributed by atoms with van der Waals surface area (Å²) >= 11 is 0. The van der Waals surface area contributed by atoms with Gasteiger partial charge in [-0.15, -0.1) is 0 Å². The van der Waals surface area contributed by atoms with Crippen LogP contribution < -0.4 is 14.8 Å². The number of ether oxygens (including phenoxy) is 2. The summed E-state index contributed by atoms with van der Waals surface area (Å²) in [5.74, 6) is -2.45. The summed E-state index contributed by atoms with van der Waals surface area (Å²) in [4.78, 5) is 15.9. The number of halogens is 2. The summed E-state index contributed by atoms with van der Waals surface area (Å²) in [5.41, 5.74) is 0.217. The fraction of sp³-hybridized carbons (Fsp3) is 0.200. The summed E-state index contributed by atoms with van der Waals surface area (Å²) in [6.07, 6.45) is 1.32. The first-order valence-corrected chi connectivity index (χ1v) is 6.48. The van der Waals surface area contributed by atoms with Crippen LogP contribution in [0.4, 0.5) is 14.5 Å². The molecule has 0 fully saturated rings. The van der Waals surface area contributed by atoms with Crippen molar-refractivity contribution in [3.63, 3.8) is 0 Å². The van der Waals surface area contributed by atoms with Crippen molar-refractivity contribution in [2.24, 2.45) is 0 Å². The van der Waals surface area contributed by atoms with Crippen LogP contribution >= 0.6 is 0 Å². The molecular weight excluding hydrogens is 294 g/mol. The van der Waals surface area contributed by atoms with Crippen molar-refractivity contribution >= 4 is 11.6 Å². The summed E-state index contributed by atoms with van der Waals surface area (Å²) in [7, 11) is 1.16. The van der Waals surface area contributed by atoms with Crippen molar-refractivity contribution in [2.75, 3.05) is 19.0 Å². The van der Waals surface area contributed by atoms with E-state index in [2.05, 4.69) is 15.0 Å². The Labute approximate surface area is 125 Å². The van der Waals surface area contributed by atoms with Gasteiger partial charge in [0.25, 0.3) is 5.91 Å². The van der Waals surface area contributed by atoms with Crippen molar-refractivity contribution in [3.8, 4) is 11.6 Å². The second kappa shape index (κ2) is 6.84. The minimum Gasteiger partial charge on any atom is -0.491 e. The fourth-order valence-corrected chi connectivity index (χ4v) is 1.78. The number of carbonyl (C=O) groups is 1. The molecule has 0 atom stereocenters. The van der Waals surface area contributed by atoms with Crippen LogP contribution in [0.5, 0.6) is 11.6 Å². The Morgan fingerprint density at radius 1 is 1.27 bits per heavy atom. The standard InChI is InChI=1S/C15H14F2N2O3/c1-3-22-13-5-4-9(8-18-13)15(20)19-10-6-11(16)14(21-2)12(17)7-10/h4-8H,3H2,1-2H3,(H,19,20). The number of amides is 1. The molecule has 0 radical (unpaired) electrons. The smallest absolute Gasteiger partial charge is 0.257 e. The number of rotatable bonds is 5. The van der Waals surface area contributed by atoms with E-state index in [-0.39, 0.29) is 11.3 Å². The van der Waals surface area contributed by atoms with E-state index in [0.717, 1.165) is 19.2 Å². The normalized spacial score (nSPS) is 10.2. The van der Waals surface area contributed by atoms with Gasteiger partial charge in [0.1, 0.15) is 0 Å². The molecule has 1 aromatic heterocycles. The van der Waals surface area contributed by atoms with Gasteiger partial charge in [-0.3, -0.25) is 4.79 Å². The van der Waals surface area contributed by atoms with Crippen LogP contribution in [0.1, 0.15) is 17.3 Å². The lowest BCUT2D eigenvalue weighted by Crippen LogP contribution is -2.13. The van der Waals surface area contributed by atoms with E-state index in [1.165, 1.54) is 18.3 Å². The van der Waals surface area contributed by atoms with E-state index in [0.29, 0.717) is 12.5 Å². The lowest BCUT2D eigenvalue weighted by molar-refractivity contribution is 0.102. The summed E-state index contributed by atoms with van der Waals surface area (Å²) in [6, 6.07) is 4.99. The lowest BCUT2D eigenvalue weighted by Gasteiger charge is -2.09. The maximum absolute atomic E-state index is 13.6. The molecule has 0 unspecified atom stereocenters. The second-order valence-corrected chi connectivity index (χ2v) is 4.25. The third kappa shape index (κ3) is 3.49. The van der Waals surface area contributed by atoms with Gasteiger partial charge in [-0.05, 0) is 13.0 Å². The first kappa shape index (κ1) is 15.7. The number of nitrogens with one attached hydrogen (secondary N) is 1. The molecule has 2 aromatic rings. The molecule has 116 valence electrons. The monoisotopic (exact) mass is 308 g/mol. The molecule has 1 aromatic carbocycles. The highest BCUT2D eigenvalue weighted by molar-refractivity contribution is 6.04. The predicted octanol–water partition coefficient (Wildman–Crippen LogP) is 3.02. The number of aromatic nitrogens is 1. The topological polar surface area (TPSA) is 60.5 Å². The van der Waals surface area contributed by atoms with Crippen LogP contribution in [0.3, 0.4) is 0 Å². The number of hydrogen-bond acceptors (Lipinski definition) is 4. The Morgan fingerprint density at radius 2 is 1.95 bits per heavy atom. The van der Waals surface area contributed by atoms with Crippen LogP contribution in [0.25, 0.3) is 0 Å². The number of anilines is 1. The molecule has 5 nitrogen and oxygen atoms in total. The zero-order valence-electron chi connectivity index (χ0n) is 12.0. The van der Waals surface area contributed by atoms with E-state index >= 15 is 0 Å². The number of benzene rings is 1. The molecule has 0 aliphatic heterocycles. The Hall–Kier alpha value is -2.70. The highest BCUT2D eigenvalue weighted by atomic mass is 19.1. The van der Waals surface area contributed by atoms with Gasteiger partial charge < -0.3 is 14.8 Å². The number of hydrogen-bond donors (Lipinski definition) is 1. The van der Waals surface area contributed by atoms with Gasteiger partial charge in [0, 0.05) is 30.1 Å². The van der Waals surface area contributed by atoms with Crippen molar-refractivity contribution in [2.45, 2.75) is 6.92 Å². The zero-order valence-corrected chi connectivity index (χ0v) is 12.0. The maximum Gasteiger partial charge on any atom is 0.257 e. The van der Waals surface area contributed by atoms with Gasteiger partial charge in [-0.1, -0.05) is 0 Å². The van der Waals surface area contributed by atoms with E-state index in [1.54, 1.807) is 0 Å². The van der Waals surface area contributed by atoms with E-state index in [9.17, 15) is 13.6 Å². The highest BCUT2D eigenvalue weighted by Gasteiger charge is 2.14. The molecule has 0 bridgehead atoms. The Bertz CT molecular complexity index is 652. The Morgan fingerprint density at radius 3 is 2.45 bits per heavy atom. The van der Waals surface area contributed by atoms with Crippen molar-refractivity contribution in [1.29, 1.82) is 0 Å². The van der Waals surface area contributed by atoms with E-state index in [4.69, 9.17) is 4.74 Å². The largest absolute Gasteiger partial charge is 0.491 e. The van der Waals surface area contributed by atoms with Crippen LogP contribution in [-0.2, 0) is 0 Å². The molecule has 1 N–H and O–H groups in total. The van der Waals surface area contributed by atoms with Crippen molar-refractivity contribution < 1.29 is 23.0 Å². The fourth-order valence-electron chi connectivity index (χ4n) is 1.78. The first-order valence-electron chi connectivity index (χ1n) is 6.48. The molecule has 2 rings (SSSR count). The minimum atomic E-state index is -0.900. The molecule has 1 amide bonds. The molecule has 0 saturated carbocycles. The van der Waals surface area contributed by atoms with Crippen molar-refractivity contribution in [1.82, 2.24) is 4.98 Å². The predicted molar refractivity (Wildman–Crippen MR) is 76.3 cm³/mol. The maximum atomic E-state index is 13.6. The Balaban J connectivity index is 2.14. The minimum absolute atomic E-state index is 0.0188. The van der Waals surface area contributed by atoms with Gasteiger partial charge in [0.2, 0.25) is 5.88 Å². The number of nitrogens with zero attached hydrogens (tertiary/aromatic N) is 1. The van der Waals surface area contributed by atoms with Crippen LogP contribution in [0.15, 0.2) is 30.5 Å². The summed E-state index contributed by atoms with van der Waals surface area (Å²) < 4.78 is 36.8. The molecule has 22 heavy (non-hydrogen) atoms. The van der Waals surface area contributed by atoms with E-state index in [1.807, 2.05) is 6.92 Å². The lowest BCUT2D eigenvalue weighted by atomic mass is 10.2. The molecule has 7 heteroatoms. The van der Waals surface area contributed by atoms with Crippen LogP contribution in [0.2, 0.25) is 0 Å². The number of methoxy groups -OCH3 is 1. The van der Waals surface area contributed by atoms with Crippen LogP contribution in [0, 0.1) is 11.6 Å². The molecular formula is C15H14F2N2O3. The summed E-state index contributed by atoms with van der Waals surface area (Å²) in [5, 5.41) is 2.39. The van der Waals surface area contributed by atoms with Gasteiger partial charge in [-0.2, -0.15) is 0 Å². The van der Waals surface area contributed by atoms with Gasteiger partial charge >= 0.3 is 0 Å². The molecule has 1 heterocycles. The number of carbonyl (C=O) groups excluding carboxylic acids is 1. The molecule has 0 aliphatic carbocycles. The average Bonchev–Trinajstić information content (AvgIpc) is 2.48. The van der Waals surface area contributed by atoms with Gasteiger partial charge in [-0.25, -0.2) is 13.8 Å². The summed E-state index contributed by atoms with van der Waals surface area (Å²) in [6.45, 7) is 2.28. The first-order chi connectivity index (χ1) is 10.5. The molecule has 0 spiro atoms. The zero-order chi connectivity index (χ0) is 16.1. The number of pyridine rings is 1. The SMILES string of the molecule is CCOc1ccc(C(=O)Nc2cc(F)c(OC)c(F)c2)cn1. The third-order valence-corrected chi connectivity index (χ3v) is 2.75. The van der Waals surface area contributed by atoms with Gasteiger partial charge in [0.15, 0.2) is 17.4 Å². The van der Waals surface area contributed by atoms with Crippen molar-refractivity contribution in [3.05, 3.63) is 47.7 Å². The van der Waals surface area contributed by atoms with Gasteiger partial charge in [0.05, 0.1) is 19.3 Å². The van der Waals surface area contributed by atoms with E-state index < -0.39 is 23.3 Å². The highest BCUT2D eigenvalue weighted by Crippen LogP contribution is 2.25. The Kier molecular flexibility index (Phi) is 4.88. The second-order valence-electron chi connectivity index (χ2n) is 4.25. The average molecular weight is 308 g/mol. The molecule has 0 saturated heterocycles. The molecule has 0 aliphatic rings. The quantitative estimate of drug-likeness (QED) is 0.922. The van der Waals surface area contributed by atoms with Crippen LogP contribution in [-0.4, -0.2) is 24.6 Å².